The molecule has 0 aliphatic heterocycles. The number of benzene rings is 2. The molecule has 1 N–H and O–H groups in total. The first-order valence-electron chi connectivity index (χ1n) is 9.83. The average Bonchev–Trinajstić information content (AvgIpc) is 2.72. The number of rotatable bonds is 10. The highest BCUT2D eigenvalue weighted by molar-refractivity contribution is 5.88. The normalized spacial score (nSPS) is 11.5. The third kappa shape index (κ3) is 6.12. The number of carbonyl (C=O) groups is 2. The maximum Gasteiger partial charge on any atom is 0.243 e. The van der Waals surface area contributed by atoms with Crippen molar-refractivity contribution in [1.29, 1.82) is 0 Å². The predicted molar refractivity (Wildman–Crippen MR) is 111 cm³/mol. The molecule has 0 radical (unpaired) electrons. The predicted octanol–water partition coefficient (Wildman–Crippen LogP) is 3.57. The minimum atomic E-state index is -0.552. The number of nitrogens with one attached hydrogen (secondary N) is 1. The number of hydrogen-bond donors (Lipinski definition) is 1. The third-order valence-electron chi connectivity index (χ3n) is 4.60. The lowest BCUT2D eigenvalue weighted by Gasteiger charge is -2.31. The maximum absolute atomic E-state index is 12.9. The molecule has 0 aromatic heterocycles. The largest absolute Gasteiger partial charge is 0.497 e. The highest BCUT2D eigenvalue weighted by Gasteiger charge is 2.29. The minimum Gasteiger partial charge on any atom is -0.497 e. The lowest BCUT2D eigenvalue weighted by molar-refractivity contribution is -0.141. The van der Waals surface area contributed by atoms with Crippen molar-refractivity contribution in [2.45, 2.75) is 45.7 Å². The standard InChI is InChI=1S/C23H30N2O3/c1-4-9-22(26)25(17-19-12-14-20(28-3)15-13-19)21(23(27)24-5-2)16-18-10-7-6-8-11-18/h6-8,10-15,21H,4-5,9,16-17H2,1-3H3,(H,24,27). The summed E-state index contributed by atoms with van der Waals surface area (Å²) < 4.78 is 5.21. The van der Waals surface area contributed by atoms with Crippen molar-refractivity contribution < 1.29 is 14.3 Å². The molecule has 150 valence electrons. The molecule has 28 heavy (non-hydrogen) atoms. The highest BCUT2D eigenvalue weighted by atomic mass is 16.5. The molecule has 0 saturated carbocycles. The Morgan fingerprint density at radius 1 is 1.00 bits per heavy atom. The molecule has 2 rings (SSSR count). The van der Waals surface area contributed by atoms with Crippen LogP contribution in [0.15, 0.2) is 54.6 Å². The van der Waals surface area contributed by atoms with Crippen molar-refractivity contribution in [3.8, 4) is 5.75 Å². The fourth-order valence-electron chi connectivity index (χ4n) is 3.13. The molecule has 0 aliphatic rings. The van der Waals surface area contributed by atoms with Crippen molar-refractivity contribution in [3.63, 3.8) is 0 Å². The molecule has 1 unspecified atom stereocenters. The Bertz CT molecular complexity index is 744. The summed E-state index contributed by atoms with van der Waals surface area (Å²) in [6, 6.07) is 16.9. The van der Waals surface area contributed by atoms with Crippen molar-refractivity contribution >= 4 is 11.8 Å². The number of ether oxygens (including phenoxy) is 1. The van der Waals surface area contributed by atoms with Gasteiger partial charge >= 0.3 is 0 Å². The Morgan fingerprint density at radius 2 is 1.68 bits per heavy atom. The lowest BCUT2D eigenvalue weighted by Crippen LogP contribution is -2.50. The van der Waals surface area contributed by atoms with Gasteiger partial charge in [-0.25, -0.2) is 0 Å². The van der Waals surface area contributed by atoms with Gasteiger partial charge < -0.3 is 15.0 Å². The molecule has 0 bridgehead atoms. The van der Waals surface area contributed by atoms with Crippen molar-refractivity contribution in [2.24, 2.45) is 0 Å². The van der Waals surface area contributed by atoms with Crippen LogP contribution in [-0.4, -0.2) is 36.4 Å². The van der Waals surface area contributed by atoms with Crippen LogP contribution in [0.1, 0.15) is 37.8 Å². The Kier molecular flexibility index (Phi) is 8.53. The van der Waals surface area contributed by atoms with Crippen LogP contribution in [0, 0.1) is 0 Å². The zero-order valence-electron chi connectivity index (χ0n) is 17.0. The first-order valence-corrected chi connectivity index (χ1v) is 9.83. The van der Waals surface area contributed by atoms with Crippen LogP contribution in [0.3, 0.4) is 0 Å². The van der Waals surface area contributed by atoms with Crippen LogP contribution in [0.2, 0.25) is 0 Å². The van der Waals surface area contributed by atoms with Gasteiger partial charge in [0, 0.05) is 25.9 Å². The zero-order valence-corrected chi connectivity index (χ0v) is 17.0. The van der Waals surface area contributed by atoms with Crippen LogP contribution in [0.5, 0.6) is 5.75 Å². The van der Waals surface area contributed by atoms with E-state index in [0.29, 0.717) is 25.9 Å². The zero-order chi connectivity index (χ0) is 20.4. The van der Waals surface area contributed by atoms with Gasteiger partial charge in [0.25, 0.3) is 0 Å². The molecular weight excluding hydrogens is 352 g/mol. The molecule has 5 nitrogen and oxygen atoms in total. The number of nitrogens with zero attached hydrogens (tertiary/aromatic N) is 1. The van der Waals surface area contributed by atoms with E-state index in [0.717, 1.165) is 23.3 Å². The summed E-state index contributed by atoms with van der Waals surface area (Å²) in [4.78, 5) is 27.5. The summed E-state index contributed by atoms with van der Waals surface area (Å²) in [5.41, 5.74) is 2.00. The topological polar surface area (TPSA) is 58.6 Å². The van der Waals surface area contributed by atoms with Gasteiger partial charge in [0.15, 0.2) is 0 Å². The van der Waals surface area contributed by atoms with Crippen molar-refractivity contribution in [1.82, 2.24) is 10.2 Å². The Hall–Kier alpha value is -2.82. The second-order valence-corrected chi connectivity index (χ2v) is 6.72. The summed E-state index contributed by atoms with van der Waals surface area (Å²) in [5, 5.41) is 2.89. The lowest BCUT2D eigenvalue weighted by atomic mass is 10.0. The summed E-state index contributed by atoms with van der Waals surface area (Å²) >= 11 is 0. The van der Waals surface area contributed by atoms with Gasteiger partial charge in [-0.1, -0.05) is 49.4 Å². The van der Waals surface area contributed by atoms with Gasteiger partial charge in [-0.3, -0.25) is 9.59 Å². The van der Waals surface area contributed by atoms with Gasteiger partial charge in [-0.05, 0) is 36.6 Å². The Labute approximate surface area is 167 Å². The molecule has 2 amide bonds. The van der Waals surface area contributed by atoms with E-state index in [-0.39, 0.29) is 11.8 Å². The number of carbonyl (C=O) groups excluding carboxylic acids is 2. The molecule has 0 saturated heterocycles. The first-order chi connectivity index (χ1) is 13.6. The smallest absolute Gasteiger partial charge is 0.243 e. The van der Waals surface area contributed by atoms with Gasteiger partial charge in [-0.2, -0.15) is 0 Å². The second-order valence-electron chi connectivity index (χ2n) is 6.72. The van der Waals surface area contributed by atoms with E-state index in [4.69, 9.17) is 4.74 Å². The van der Waals surface area contributed by atoms with Crippen molar-refractivity contribution in [2.75, 3.05) is 13.7 Å². The number of methoxy groups -OCH3 is 1. The fourth-order valence-corrected chi connectivity index (χ4v) is 3.13. The van der Waals surface area contributed by atoms with Gasteiger partial charge in [0.1, 0.15) is 11.8 Å². The van der Waals surface area contributed by atoms with E-state index in [1.165, 1.54) is 0 Å². The monoisotopic (exact) mass is 382 g/mol. The molecule has 0 fully saturated rings. The van der Waals surface area contributed by atoms with Crippen molar-refractivity contribution in [3.05, 3.63) is 65.7 Å². The summed E-state index contributed by atoms with van der Waals surface area (Å²) in [7, 11) is 1.62. The van der Waals surface area contributed by atoms with Crippen LogP contribution in [0.4, 0.5) is 0 Å². The van der Waals surface area contributed by atoms with E-state index in [9.17, 15) is 9.59 Å². The highest BCUT2D eigenvalue weighted by Crippen LogP contribution is 2.18. The maximum atomic E-state index is 12.9. The van der Waals surface area contributed by atoms with Crippen LogP contribution < -0.4 is 10.1 Å². The summed E-state index contributed by atoms with van der Waals surface area (Å²) in [6.45, 7) is 4.78. The van der Waals surface area contributed by atoms with E-state index < -0.39 is 6.04 Å². The molecular formula is C23H30N2O3. The molecule has 0 heterocycles. The first kappa shape index (κ1) is 21.5. The molecule has 2 aromatic carbocycles. The van der Waals surface area contributed by atoms with E-state index >= 15 is 0 Å². The minimum absolute atomic E-state index is 0.00879. The molecule has 0 spiro atoms. The number of amides is 2. The van der Waals surface area contributed by atoms with Crippen LogP contribution in [-0.2, 0) is 22.6 Å². The Morgan fingerprint density at radius 3 is 2.25 bits per heavy atom. The average molecular weight is 383 g/mol. The van der Waals surface area contributed by atoms with E-state index in [2.05, 4.69) is 5.32 Å². The third-order valence-corrected chi connectivity index (χ3v) is 4.60. The van der Waals surface area contributed by atoms with Crippen LogP contribution >= 0.6 is 0 Å². The van der Waals surface area contributed by atoms with Gasteiger partial charge in [-0.15, -0.1) is 0 Å². The summed E-state index contributed by atoms with van der Waals surface area (Å²) in [5.74, 6) is 0.634. The van der Waals surface area contributed by atoms with Crippen LogP contribution in [0.25, 0.3) is 0 Å². The molecule has 2 aromatic rings. The number of likely N-dealkylation sites (N-methyl/N-ethyl adjacent to an activating group) is 1. The van der Waals surface area contributed by atoms with E-state index in [1.54, 1.807) is 12.0 Å². The van der Waals surface area contributed by atoms with Gasteiger partial charge in [0.05, 0.1) is 7.11 Å². The Balaban J connectivity index is 2.32. The molecule has 5 heteroatoms. The summed E-state index contributed by atoms with van der Waals surface area (Å²) in [6.07, 6.45) is 1.64. The molecule has 0 aliphatic carbocycles. The fraction of sp³-hybridized carbons (Fsp3) is 0.391. The molecule has 1 atom stereocenters. The quantitative estimate of drug-likeness (QED) is 0.683. The second kappa shape index (κ2) is 11.1. The number of hydrogen-bond acceptors (Lipinski definition) is 3. The SMILES string of the molecule is CCCC(=O)N(Cc1ccc(OC)cc1)C(Cc1ccccc1)C(=O)NCC. The van der Waals surface area contributed by atoms with Gasteiger partial charge in [0.2, 0.25) is 11.8 Å². The van der Waals surface area contributed by atoms with E-state index in [1.807, 2.05) is 68.4 Å².